The maximum absolute atomic E-state index is 13.4. The van der Waals surface area contributed by atoms with E-state index in [1.807, 2.05) is 6.92 Å². The molecule has 1 aliphatic rings. The molecule has 1 aromatic rings. The largest absolute Gasteiger partial charge is 0.469 e. The third-order valence-electron chi connectivity index (χ3n) is 8.57. The lowest BCUT2D eigenvalue weighted by Crippen LogP contribution is -2.47. The number of nitrogens with zero attached hydrogens (tertiary/aromatic N) is 1. The van der Waals surface area contributed by atoms with Gasteiger partial charge in [0, 0.05) is 43.7 Å². The van der Waals surface area contributed by atoms with Gasteiger partial charge in [-0.3, -0.25) is 24.0 Å². The Hall–Kier alpha value is -4.12. The summed E-state index contributed by atoms with van der Waals surface area (Å²) in [5, 5.41) is 8.05. The molecule has 1 heterocycles. The van der Waals surface area contributed by atoms with E-state index < -0.39 is 23.9 Å². The molecule has 1 aromatic carbocycles. The number of primary amides is 1. The van der Waals surface area contributed by atoms with Crippen LogP contribution in [0.2, 0.25) is 0 Å². The van der Waals surface area contributed by atoms with Crippen LogP contribution in [0.15, 0.2) is 24.3 Å². The van der Waals surface area contributed by atoms with Gasteiger partial charge in [0.1, 0.15) is 13.2 Å². The topological polar surface area (TPSA) is 231 Å². The van der Waals surface area contributed by atoms with Crippen molar-refractivity contribution in [3.63, 3.8) is 0 Å². The second kappa shape index (κ2) is 23.4. The molecule has 0 aliphatic carbocycles. The lowest BCUT2D eigenvalue weighted by molar-refractivity contribution is -0.151. The van der Waals surface area contributed by atoms with Crippen molar-refractivity contribution in [3.8, 4) is 0 Å². The van der Waals surface area contributed by atoms with Crippen LogP contribution < -0.4 is 27.4 Å². The highest BCUT2D eigenvalue weighted by molar-refractivity contribution is 5.97. The molecular weight excluding hydrogens is 664 g/mol. The van der Waals surface area contributed by atoms with Gasteiger partial charge in [0.25, 0.3) is 0 Å². The molecule has 51 heavy (non-hydrogen) atoms. The number of Topliss-reactive ketones (excluding diaryl/α,β-unsaturated/α-hetero) is 1. The molecule has 0 saturated carbocycles. The number of carbonyl (C=O) groups is 6. The van der Waals surface area contributed by atoms with Gasteiger partial charge in [-0.05, 0) is 56.2 Å². The number of urea groups is 1. The summed E-state index contributed by atoms with van der Waals surface area (Å²) in [6.07, 6.45) is 1.71. The minimum Gasteiger partial charge on any atom is -0.469 e. The van der Waals surface area contributed by atoms with Gasteiger partial charge in [-0.2, -0.15) is 0 Å². The molecule has 1 aliphatic heterocycles. The fourth-order valence-electron chi connectivity index (χ4n) is 5.73. The zero-order chi connectivity index (χ0) is 37.8. The molecule has 16 nitrogen and oxygen atoms in total. The third-order valence-corrected chi connectivity index (χ3v) is 8.57. The van der Waals surface area contributed by atoms with Gasteiger partial charge in [-0.25, -0.2) is 4.79 Å². The van der Waals surface area contributed by atoms with Crippen LogP contribution in [-0.2, 0) is 49.5 Å². The van der Waals surface area contributed by atoms with E-state index in [4.69, 9.17) is 30.4 Å². The predicted molar refractivity (Wildman–Crippen MR) is 188 cm³/mol. The summed E-state index contributed by atoms with van der Waals surface area (Å²) < 4.78 is 21.1. The zero-order valence-corrected chi connectivity index (χ0v) is 30.3. The summed E-state index contributed by atoms with van der Waals surface area (Å²) in [6, 6.07) is 5.45. The minimum atomic E-state index is -0.845. The van der Waals surface area contributed by atoms with E-state index in [1.165, 1.54) is 7.11 Å². The molecule has 7 N–H and O–H groups in total. The summed E-state index contributed by atoms with van der Waals surface area (Å²) in [5.41, 5.74) is 12.3. The molecule has 1 fully saturated rings. The van der Waals surface area contributed by atoms with Crippen molar-refractivity contribution in [2.75, 3.05) is 65.2 Å². The second-order valence-electron chi connectivity index (χ2n) is 12.9. The average Bonchev–Trinajstić information content (AvgIpc) is 3.10. The zero-order valence-electron chi connectivity index (χ0n) is 30.3. The Morgan fingerprint density at radius 3 is 2.20 bits per heavy atom. The number of amides is 5. The Balaban J connectivity index is 1.72. The summed E-state index contributed by atoms with van der Waals surface area (Å²) in [7, 11) is 1.36. The standard InChI is InChI=1S/C35H56N6O10/c1-23(2)32(29(42)19-26(6-5-12-38-35(37)47)33(45)39-28-9-7-25(20-36)8-10-28)40-30(43)21-50-16-14-49-15-17-51-22-31(44)41-13-11-27(18-24(41)3)34(46)48-4/h7-10,23-24,26-27,32H,5-6,11-22,36H2,1-4H3,(H,39,45)(H,40,43)(H3,37,38,47)/t24?,26-,27?,32+/m1/s1. The van der Waals surface area contributed by atoms with Crippen LogP contribution in [-0.4, -0.2) is 112 Å². The van der Waals surface area contributed by atoms with Gasteiger partial charge in [-0.15, -0.1) is 0 Å². The monoisotopic (exact) mass is 720 g/mol. The number of hydrogen-bond acceptors (Lipinski definition) is 11. The highest BCUT2D eigenvalue weighted by Gasteiger charge is 2.33. The Morgan fingerprint density at radius 2 is 1.61 bits per heavy atom. The summed E-state index contributed by atoms with van der Waals surface area (Å²) in [4.78, 5) is 76.4. The smallest absolute Gasteiger partial charge is 0.312 e. The number of methoxy groups -OCH3 is 1. The first-order valence-corrected chi connectivity index (χ1v) is 17.4. The average molecular weight is 721 g/mol. The maximum atomic E-state index is 13.4. The van der Waals surface area contributed by atoms with E-state index >= 15 is 0 Å². The molecule has 0 spiro atoms. The number of ether oxygens (including phenoxy) is 4. The Morgan fingerprint density at radius 1 is 0.961 bits per heavy atom. The first kappa shape index (κ1) is 43.0. The quantitative estimate of drug-likeness (QED) is 0.0794. The van der Waals surface area contributed by atoms with Gasteiger partial charge in [0.2, 0.25) is 17.7 Å². The van der Waals surface area contributed by atoms with Crippen LogP contribution in [0.1, 0.15) is 58.4 Å². The van der Waals surface area contributed by atoms with Gasteiger partial charge < -0.3 is 51.3 Å². The highest BCUT2D eigenvalue weighted by atomic mass is 16.5. The number of carbonyl (C=O) groups excluding carboxylic acids is 6. The molecular formula is C35H56N6O10. The summed E-state index contributed by atoms with van der Waals surface area (Å²) in [6.45, 7) is 6.90. The summed E-state index contributed by atoms with van der Waals surface area (Å²) in [5.74, 6) is -2.72. The number of anilines is 1. The van der Waals surface area contributed by atoms with Crippen molar-refractivity contribution in [2.24, 2.45) is 29.2 Å². The molecule has 1 saturated heterocycles. The van der Waals surface area contributed by atoms with E-state index in [2.05, 4.69) is 16.0 Å². The number of nitrogens with one attached hydrogen (secondary N) is 3. The number of hydrogen-bond donors (Lipinski definition) is 5. The van der Waals surface area contributed by atoms with E-state index in [0.717, 1.165) is 5.56 Å². The molecule has 0 radical (unpaired) electrons. The lowest BCUT2D eigenvalue weighted by atomic mass is 9.89. The molecule has 0 bridgehead atoms. The van der Waals surface area contributed by atoms with Gasteiger partial charge in [0.05, 0.1) is 45.5 Å². The van der Waals surface area contributed by atoms with E-state index in [0.29, 0.717) is 44.5 Å². The van der Waals surface area contributed by atoms with Crippen molar-refractivity contribution >= 4 is 41.2 Å². The predicted octanol–water partition coefficient (Wildman–Crippen LogP) is 1.10. The van der Waals surface area contributed by atoms with Gasteiger partial charge >= 0.3 is 12.0 Å². The van der Waals surface area contributed by atoms with Crippen LogP contribution in [0.5, 0.6) is 0 Å². The van der Waals surface area contributed by atoms with Crippen molar-refractivity contribution in [1.29, 1.82) is 0 Å². The maximum Gasteiger partial charge on any atom is 0.312 e. The Bertz CT molecular complexity index is 1280. The lowest BCUT2D eigenvalue weighted by Gasteiger charge is -2.36. The van der Waals surface area contributed by atoms with Gasteiger partial charge in [-0.1, -0.05) is 26.0 Å². The molecule has 0 aromatic heterocycles. The fourth-order valence-corrected chi connectivity index (χ4v) is 5.73. The SMILES string of the molecule is COC(=O)C1CCN(C(=O)COCCOCCOCC(=O)N[C@H](C(=O)C[C@@H](CCCNC(N)=O)C(=O)Nc2ccc(CN)cc2)C(C)C)C(C)C1. The van der Waals surface area contributed by atoms with E-state index in [9.17, 15) is 28.8 Å². The first-order chi connectivity index (χ1) is 24.4. The number of nitrogens with two attached hydrogens (primary N) is 2. The van der Waals surface area contributed by atoms with Crippen LogP contribution in [0.4, 0.5) is 10.5 Å². The van der Waals surface area contributed by atoms with Crippen molar-refractivity contribution < 1.29 is 47.7 Å². The van der Waals surface area contributed by atoms with Crippen LogP contribution in [0.25, 0.3) is 0 Å². The number of piperidine rings is 1. The van der Waals surface area contributed by atoms with E-state index in [1.54, 1.807) is 43.0 Å². The molecule has 2 unspecified atom stereocenters. The van der Waals surface area contributed by atoms with Crippen LogP contribution >= 0.6 is 0 Å². The van der Waals surface area contributed by atoms with Gasteiger partial charge in [0.15, 0.2) is 5.78 Å². The number of benzene rings is 1. The first-order valence-electron chi connectivity index (χ1n) is 17.4. The van der Waals surface area contributed by atoms with Crippen molar-refractivity contribution in [2.45, 2.75) is 71.5 Å². The fraction of sp³-hybridized carbons (Fsp3) is 0.657. The molecule has 5 amide bonds. The molecule has 16 heteroatoms. The third kappa shape index (κ3) is 16.2. The number of likely N-dealkylation sites (tertiary alicyclic amines) is 1. The Labute approximate surface area is 300 Å². The van der Waals surface area contributed by atoms with Crippen LogP contribution in [0.3, 0.4) is 0 Å². The molecule has 2 rings (SSSR count). The number of ketones is 1. The van der Waals surface area contributed by atoms with Crippen molar-refractivity contribution in [3.05, 3.63) is 29.8 Å². The molecule has 4 atom stereocenters. The normalized spacial score (nSPS) is 16.9. The second-order valence-corrected chi connectivity index (χ2v) is 12.9. The molecule has 286 valence electrons. The summed E-state index contributed by atoms with van der Waals surface area (Å²) >= 11 is 0. The van der Waals surface area contributed by atoms with E-state index in [-0.39, 0.29) is 94.1 Å². The van der Waals surface area contributed by atoms with Crippen molar-refractivity contribution in [1.82, 2.24) is 15.5 Å². The Kier molecular flexibility index (Phi) is 19.7. The number of rotatable bonds is 23. The highest BCUT2D eigenvalue weighted by Crippen LogP contribution is 2.24. The minimum absolute atomic E-state index is 0.0868. The number of esters is 1. The van der Waals surface area contributed by atoms with Crippen LogP contribution in [0, 0.1) is 17.8 Å².